The van der Waals surface area contributed by atoms with E-state index in [9.17, 15) is 13.2 Å². The molecule has 33 heavy (non-hydrogen) atoms. The van der Waals surface area contributed by atoms with Gasteiger partial charge in [0.1, 0.15) is 22.7 Å². The minimum Gasteiger partial charge on any atom is -0.488 e. The molecule has 1 atom stereocenters. The molecule has 0 aliphatic heterocycles. The molecule has 1 unspecified atom stereocenters. The van der Waals surface area contributed by atoms with E-state index < -0.39 is 11.7 Å². The SMILES string of the molecule is CCC(C)c1ccc(Nc2nc(Nc3ccc(OC(C)(C)C)cc3)ncc2C(F)(F)F)cc1. The molecule has 0 saturated carbocycles. The predicted octanol–water partition coefficient (Wildman–Crippen LogP) is 7.67. The van der Waals surface area contributed by atoms with Crippen molar-refractivity contribution in [1.82, 2.24) is 9.97 Å². The normalized spacial score (nSPS) is 12.8. The van der Waals surface area contributed by atoms with Crippen LogP contribution in [-0.2, 0) is 6.18 Å². The maximum atomic E-state index is 13.6. The zero-order valence-electron chi connectivity index (χ0n) is 19.4. The average molecular weight is 459 g/mol. The first-order valence-corrected chi connectivity index (χ1v) is 10.8. The van der Waals surface area contributed by atoms with Crippen LogP contribution in [0.15, 0.2) is 54.7 Å². The van der Waals surface area contributed by atoms with E-state index in [2.05, 4.69) is 34.4 Å². The number of ether oxygens (including phenoxy) is 1. The number of anilines is 4. The van der Waals surface area contributed by atoms with Gasteiger partial charge in [0.25, 0.3) is 0 Å². The van der Waals surface area contributed by atoms with Gasteiger partial charge in [0.05, 0.1) is 0 Å². The van der Waals surface area contributed by atoms with Gasteiger partial charge >= 0.3 is 6.18 Å². The van der Waals surface area contributed by atoms with Crippen LogP contribution >= 0.6 is 0 Å². The molecular weight excluding hydrogens is 429 g/mol. The highest BCUT2D eigenvalue weighted by molar-refractivity contribution is 5.63. The second-order valence-corrected chi connectivity index (χ2v) is 8.87. The number of rotatable bonds is 7. The number of benzene rings is 2. The molecule has 1 aromatic heterocycles. The first-order valence-electron chi connectivity index (χ1n) is 10.8. The van der Waals surface area contributed by atoms with Gasteiger partial charge in [-0.2, -0.15) is 18.2 Å². The molecule has 3 rings (SSSR count). The first kappa shape index (κ1) is 24.4. The number of hydrogen-bond acceptors (Lipinski definition) is 5. The molecule has 2 aromatic carbocycles. The highest BCUT2D eigenvalue weighted by atomic mass is 19.4. The monoisotopic (exact) mass is 458 g/mol. The van der Waals surface area contributed by atoms with Crippen LogP contribution in [0, 0.1) is 0 Å². The van der Waals surface area contributed by atoms with Crippen molar-refractivity contribution in [1.29, 1.82) is 0 Å². The molecular formula is C25H29F3N4O. The third kappa shape index (κ3) is 6.84. The van der Waals surface area contributed by atoms with Crippen molar-refractivity contribution in [3.8, 4) is 5.75 Å². The molecule has 176 valence electrons. The van der Waals surface area contributed by atoms with Crippen LogP contribution in [0.1, 0.15) is 58.1 Å². The van der Waals surface area contributed by atoms with Crippen molar-refractivity contribution in [3.05, 3.63) is 65.9 Å². The number of nitrogens with zero attached hydrogens (tertiary/aromatic N) is 2. The Bertz CT molecular complexity index is 1060. The number of halogens is 3. The Morgan fingerprint density at radius 2 is 1.48 bits per heavy atom. The molecule has 0 bridgehead atoms. The highest BCUT2D eigenvalue weighted by Gasteiger charge is 2.35. The third-order valence-corrected chi connectivity index (χ3v) is 4.98. The summed E-state index contributed by atoms with van der Waals surface area (Å²) in [5.74, 6) is 0.791. The van der Waals surface area contributed by atoms with Crippen LogP contribution < -0.4 is 15.4 Å². The van der Waals surface area contributed by atoms with Gasteiger partial charge < -0.3 is 15.4 Å². The van der Waals surface area contributed by atoms with Crippen molar-refractivity contribution in [2.75, 3.05) is 10.6 Å². The number of aromatic nitrogens is 2. The van der Waals surface area contributed by atoms with E-state index in [1.807, 2.05) is 32.9 Å². The van der Waals surface area contributed by atoms with E-state index in [0.717, 1.165) is 18.2 Å². The van der Waals surface area contributed by atoms with Crippen molar-refractivity contribution in [3.63, 3.8) is 0 Å². The molecule has 5 nitrogen and oxygen atoms in total. The fourth-order valence-electron chi connectivity index (χ4n) is 3.10. The lowest BCUT2D eigenvalue weighted by atomic mass is 9.99. The van der Waals surface area contributed by atoms with Gasteiger partial charge in [-0.05, 0) is 75.1 Å². The smallest absolute Gasteiger partial charge is 0.421 e. The summed E-state index contributed by atoms with van der Waals surface area (Å²) in [6.07, 6.45) is -2.83. The molecule has 3 aromatic rings. The number of hydrogen-bond donors (Lipinski definition) is 2. The Hall–Kier alpha value is -3.29. The fourth-order valence-corrected chi connectivity index (χ4v) is 3.10. The minimum atomic E-state index is -4.59. The molecule has 0 aliphatic rings. The van der Waals surface area contributed by atoms with Gasteiger partial charge in [0.15, 0.2) is 0 Å². The van der Waals surface area contributed by atoms with Crippen molar-refractivity contribution in [2.45, 2.75) is 58.7 Å². The fraction of sp³-hybridized carbons (Fsp3) is 0.360. The Morgan fingerprint density at radius 1 is 0.909 bits per heavy atom. The molecule has 8 heteroatoms. The first-order chi connectivity index (χ1) is 15.4. The summed E-state index contributed by atoms with van der Waals surface area (Å²) in [4.78, 5) is 7.96. The van der Waals surface area contributed by atoms with Crippen LogP contribution in [-0.4, -0.2) is 15.6 Å². The maximum absolute atomic E-state index is 13.6. The van der Waals surface area contributed by atoms with E-state index in [1.54, 1.807) is 36.4 Å². The summed E-state index contributed by atoms with van der Waals surface area (Å²) in [6.45, 7) is 10.0. The summed E-state index contributed by atoms with van der Waals surface area (Å²) < 4.78 is 46.4. The Labute approximate surface area is 192 Å². The van der Waals surface area contributed by atoms with Crippen LogP contribution in [0.2, 0.25) is 0 Å². The number of alkyl halides is 3. The molecule has 0 radical (unpaired) electrons. The van der Waals surface area contributed by atoms with Crippen molar-refractivity contribution in [2.24, 2.45) is 0 Å². The summed E-state index contributed by atoms with van der Waals surface area (Å²) in [6, 6.07) is 14.4. The summed E-state index contributed by atoms with van der Waals surface area (Å²) >= 11 is 0. The standard InChI is InChI=1S/C25H29F3N4O/c1-6-16(2)17-7-9-18(10-8-17)30-22-21(25(26,27)28)15-29-23(32-22)31-19-11-13-20(14-12-19)33-24(3,4)5/h7-16H,6H2,1-5H3,(H2,29,30,31,32). The third-order valence-electron chi connectivity index (χ3n) is 4.98. The lowest BCUT2D eigenvalue weighted by molar-refractivity contribution is -0.137. The minimum absolute atomic E-state index is 0.0474. The van der Waals surface area contributed by atoms with Crippen LogP contribution in [0.3, 0.4) is 0 Å². The van der Waals surface area contributed by atoms with Crippen molar-refractivity contribution < 1.29 is 17.9 Å². The lowest BCUT2D eigenvalue weighted by Crippen LogP contribution is -2.22. The van der Waals surface area contributed by atoms with Gasteiger partial charge in [-0.25, -0.2) is 4.98 Å². The molecule has 0 spiro atoms. The average Bonchev–Trinajstić information content (AvgIpc) is 2.73. The Kier molecular flexibility index (Phi) is 7.15. The van der Waals surface area contributed by atoms with Crippen LogP contribution in [0.25, 0.3) is 0 Å². The van der Waals surface area contributed by atoms with E-state index in [4.69, 9.17) is 4.74 Å². The van der Waals surface area contributed by atoms with Crippen LogP contribution in [0.4, 0.5) is 36.3 Å². The van der Waals surface area contributed by atoms with E-state index >= 15 is 0 Å². The number of nitrogens with one attached hydrogen (secondary N) is 2. The Balaban J connectivity index is 1.83. The zero-order valence-corrected chi connectivity index (χ0v) is 19.4. The van der Waals surface area contributed by atoms with Gasteiger partial charge in [-0.3, -0.25) is 0 Å². The summed E-state index contributed by atoms with van der Waals surface area (Å²) in [5, 5.41) is 5.74. The quantitative estimate of drug-likeness (QED) is 0.380. The van der Waals surface area contributed by atoms with Crippen molar-refractivity contribution >= 4 is 23.1 Å². The molecule has 0 fully saturated rings. The molecule has 1 heterocycles. The largest absolute Gasteiger partial charge is 0.488 e. The van der Waals surface area contributed by atoms with E-state index in [1.165, 1.54) is 0 Å². The zero-order chi connectivity index (χ0) is 24.2. The Morgan fingerprint density at radius 3 is 2.03 bits per heavy atom. The van der Waals surface area contributed by atoms with Gasteiger partial charge in [-0.15, -0.1) is 0 Å². The molecule has 2 N–H and O–H groups in total. The summed E-state index contributed by atoms with van der Waals surface area (Å²) in [7, 11) is 0. The molecule has 0 aliphatic carbocycles. The van der Waals surface area contributed by atoms with Gasteiger partial charge in [0, 0.05) is 17.6 Å². The van der Waals surface area contributed by atoms with Gasteiger partial charge in [-0.1, -0.05) is 26.0 Å². The topological polar surface area (TPSA) is 59.1 Å². The maximum Gasteiger partial charge on any atom is 0.421 e. The van der Waals surface area contributed by atoms with E-state index in [0.29, 0.717) is 23.0 Å². The molecule has 0 amide bonds. The van der Waals surface area contributed by atoms with Gasteiger partial charge in [0.2, 0.25) is 5.95 Å². The second kappa shape index (κ2) is 9.68. The lowest BCUT2D eigenvalue weighted by Gasteiger charge is -2.21. The predicted molar refractivity (Wildman–Crippen MR) is 126 cm³/mol. The second-order valence-electron chi connectivity index (χ2n) is 8.87. The van der Waals surface area contributed by atoms with Crippen LogP contribution in [0.5, 0.6) is 5.75 Å². The highest BCUT2D eigenvalue weighted by Crippen LogP contribution is 2.35. The van der Waals surface area contributed by atoms with E-state index in [-0.39, 0.29) is 17.4 Å². The summed E-state index contributed by atoms with van der Waals surface area (Å²) in [5.41, 5.74) is 0.996. The molecule has 0 saturated heterocycles.